The molecule has 2 aromatic rings. The summed E-state index contributed by atoms with van der Waals surface area (Å²) in [5, 5.41) is 5.38. The maximum absolute atomic E-state index is 4.41. The lowest BCUT2D eigenvalue weighted by Gasteiger charge is -2.14. The Labute approximate surface area is 99.6 Å². The highest BCUT2D eigenvalue weighted by molar-refractivity contribution is 7.09. The largest absolute Gasteiger partial charge is 0.311 e. The first kappa shape index (κ1) is 11.2. The third-order valence-corrected chi connectivity index (χ3v) is 3.39. The normalized spacial score (nSPS) is 12.6. The third kappa shape index (κ3) is 2.65. The molecule has 0 aromatic carbocycles. The van der Waals surface area contributed by atoms with Gasteiger partial charge in [-0.2, -0.15) is 0 Å². The van der Waals surface area contributed by atoms with Gasteiger partial charge in [0.05, 0.1) is 23.6 Å². The summed E-state index contributed by atoms with van der Waals surface area (Å²) in [6.07, 6.45) is 4.63. The SMILES string of the molecule is CNC(Cc1cccs1)c1cnc(C)cn1. The van der Waals surface area contributed by atoms with E-state index >= 15 is 0 Å². The fourth-order valence-electron chi connectivity index (χ4n) is 1.57. The molecule has 0 amide bonds. The summed E-state index contributed by atoms with van der Waals surface area (Å²) in [6, 6.07) is 4.47. The number of likely N-dealkylation sites (N-methyl/N-ethyl adjacent to an activating group) is 1. The lowest BCUT2D eigenvalue weighted by atomic mass is 10.1. The molecule has 1 unspecified atom stereocenters. The Bertz CT molecular complexity index is 422. The van der Waals surface area contributed by atoms with E-state index in [9.17, 15) is 0 Å². The molecule has 2 rings (SSSR count). The van der Waals surface area contributed by atoms with Crippen LogP contribution in [0.3, 0.4) is 0 Å². The van der Waals surface area contributed by atoms with E-state index in [1.165, 1.54) is 4.88 Å². The minimum absolute atomic E-state index is 0.242. The molecule has 84 valence electrons. The van der Waals surface area contributed by atoms with E-state index in [4.69, 9.17) is 0 Å². The molecular formula is C12H15N3S. The highest BCUT2D eigenvalue weighted by Gasteiger charge is 2.12. The predicted molar refractivity (Wildman–Crippen MR) is 66.6 cm³/mol. The Balaban J connectivity index is 2.13. The standard InChI is InChI=1S/C12H15N3S/c1-9-7-15-12(8-14-9)11(13-2)6-10-4-3-5-16-10/h3-5,7-8,11,13H,6H2,1-2H3. The molecule has 1 N–H and O–H groups in total. The first-order chi connectivity index (χ1) is 7.79. The number of aromatic nitrogens is 2. The molecule has 0 aliphatic rings. The van der Waals surface area contributed by atoms with Crippen molar-refractivity contribution in [2.75, 3.05) is 7.05 Å². The summed E-state index contributed by atoms with van der Waals surface area (Å²) in [4.78, 5) is 10.1. The summed E-state index contributed by atoms with van der Waals surface area (Å²) in [5.74, 6) is 0. The molecule has 2 aromatic heterocycles. The van der Waals surface area contributed by atoms with Crippen molar-refractivity contribution in [3.63, 3.8) is 0 Å². The van der Waals surface area contributed by atoms with Gasteiger partial charge in [-0.25, -0.2) is 0 Å². The lowest BCUT2D eigenvalue weighted by molar-refractivity contribution is 0.576. The maximum Gasteiger partial charge on any atom is 0.0759 e. The van der Waals surface area contributed by atoms with E-state index in [1.54, 1.807) is 11.3 Å². The van der Waals surface area contributed by atoms with E-state index in [-0.39, 0.29) is 6.04 Å². The predicted octanol–water partition coefficient (Wildman–Crippen LogP) is 2.35. The molecule has 4 heteroatoms. The minimum Gasteiger partial charge on any atom is -0.311 e. The van der Waals surface area contributed by atoms with Crippen molar-refractivity contribution in [3.8, 4) is 0 Å². The molecule has 0 saturated heterocycles. The van der Waals surface area contributed by atoms with Crippen LogP contribution in [-0.2, 0) is 6.42 Å². The van der Waals surface area contributed by atoms with E-state index in [0.717, 1.165) is 17.8 Å². The Morgan fingerprint density at radius 2 is 2.25 bits per heavy atom. The van der Waals surface area contributed by atoms with Crippen LogP contribution in [0.1, 0.15) is 22.3 Å². The van der Waals surface area contributed by atoms with Gasteiger partial charge in [0, 0.05) is 17.5 Å². The highest BCUT2D eigenvalue weighted by Crippen LogP contribution is 2.19. The van der Waals surface area contributed by atoms with E-state index in [2.05, 4.69) is 32.8 Å². The number of aryl methyl sites for hydroxylation is 1. The van der Waals surface area contributed by atoms with Crippen LogP contribution >= 0.6 is 11.3 Å². The highest BCUT2D eigenvalue weighted by atomic mass is 32.1. The zero-order valence-corrected chi connectivity index (χ0v) is 10.3. The van der Waals surface area contributed by atoms with Crippen molar-refractivity contribution in [2.24, 2.45) is 0 Å². The molecule has 0 aliphatic heterocycles. The molecule has 16 heavy (non-hydrogen) atoms. The van der Waals surface area contributed by atoms with Crippen LogP contribution in [0, 0.1) is 6.92 Å². The van der Waals surface area contributed by atoms with Gasteiger partial charge in [-0.1, -0.05) is 6.07 Å². The fourth-order valence-corrected chi connectivity index (χ4v) is 2.32. The van der Waals surface area contributed by atoms with Gasteiger partial charge >= 0.3 is 0 Å². The Morgan fingerprint density at radius 3 is 2.81 bits per heavy atom. The van der Waals surface area contributed by atoms with Crippen molar-refractivity contribution in [1.82, 2.24) is 15.3 Å². The average Bonchev–Trinajstić information content (AvgIpc) is 2.80. The van der Waals surface area contributed by atoms with Gasteiger partial charge in [0.25, 0.3) is 0 Å². The second-order valence-electron chi connectivity index (χ2n) is 3.71. The molecular weight excluding hydrogens is 218 g/mol. The van der Waals surface area contributed by atoms with Crippen molar-refractivity contribution in [3.05, 3.63) is 46.2 Å². The van der Waals surface area contributed by atoms with Crippen molar-refractivity contribution < 1.29 is 0 Å². The second-order valence-corrected chi connectivity index (χ2v) is 4.74. The molecule has 0 spiro atoms. The first-order valence-electron chi connectivity index (χ1n) is 5.28. The van der Waals surface area contributed by atoms with Gasteiger partial charge < -0.3 is 5.32 Å². The zero-order valence-electron chi connectivity index (χ0n) is 9.47. The molecule has 1 atom stereocenters. The number of nitrogens with one attached hydrogen (secondary N) is 1. The maximum atomic E-state index is 4.41. The van der Waals surface area contributed by atoms with Crippen molar-refractivity contribution in [2.45, 2.75) is 19.4 Å². The quantitative estimate of drug-likeness (QED) is 0.881. The monoisotopic (exact) mass is 233 g/mol. The number of rotatable bonds is 4. The topological polar surface area (TPSA) is 37.8 Å². The zero-order chi connectivity index (χ0) is 11.4. The number of nitrogens with zero attached hydrogens (tertiary/aromatic N) is 2. The van der Waals surface area contributed by atoms with Crippen LogP contribution in [0.5, 0.6) is 0 Å². The number of hydrogen-bond acceptors (Lipinski definition) is 4. The molecule has 0 saturated carbocycles. The second kappa shape index (κ2) is 5.18. The third-order valence-electron chi connectivity index (χ3n) is 2.49. The van der Waals surface area contributed by atoms with E-state index in [1.807, 2.05) is 26.4 Å². The fraction of sp³-hybridized carbons (Fsp3) is 0.333. The average molecular weight is 233 g/mol. The molecule has 3 nitrogen and oxygen atoms in total. The molecule has 0 aliphatic carbocycles. The Kier molecular flexibility index (Phi) is 3.64. The van der Waals surface area contributed by atoms with Crippen LogP contribution in [0.2, 0.25) is 0 Å². The lowest BCUT2D eigenvalue weighted by Crippen LogP contribution is -2.19. The van der Waals surface area contributed by atoms with Crippen molar-refractivity contribution >= 4 is 11.3 Å². The number of hydrogen-bond donors (Lipinski definition) is 1. The molecule has 0 radical (unpaired) electrons. The summed E-state index contributed by atoms with van der Waals surface area (Å²) in [6.45, 7) is 1.95. The first-order valence-corrected chi connectivity index (χ1v) is 6.15. The summed E-state index contributed by atoms with van der Waals surface area (Å²) in [7, 11) is 1.96. The summed E-state index contributed by atoms with van der Waals surface area (Å²) >= 11 is 1.78. The van der Waals surface area contributed by atoms with Crippen LogP contribution in [0.25, 0.3) is 0 Å². The Morgan fingerprint density at radius 1 is 1.38 bits per heavy atom. The molecule has 0 fully saturated rings. The van der Waals surface area contributed by atoms with Gasteiger partial charge in [0.15, 0.2) is 0 Å². The molecule has 0 bridgehead atoms. The smallest absolute Gasteiger partial charge is 0.0759 e. The summed E-state index contributed by atoms with van der Waals surface area (Å²) < 4.78 is 0. The van der Waals surface area contributed by atoms with Crippen molar-refractivity contribution in [1.29, 1.82) is 0 Å². The Hall–Kier alpha value is -1.26. The van der Waals surface area contributed by atoms with Gasteiger partial charge in [0.2, 0.25) is 0 Å². The van der Waals surface area contributed by atoms with E-state index in [0.29, 0.717) is 0 Å². The van der Waals surface area contributed by atoms with E-state index < -0.39 is 0 Å². The summed E-state index contributed by atoms with van der Waals surface area (Å²) in [5.41, 5.74) is 1.95. The van der Waals surface area contributed by atoms with Crippen LogP contribution in [0.4, 0.5) is 0 Å². The van der Waals surface area contributed by atoms with Crippen LogP contribution < -0.4 is 5.32 Å². The van der Waals surface area contributed by atoms with Crippen LogP contribution in [-0.4, -0.2) is 17.0 Å². The van der Waals surface area contributed by atoms with Crippen LogP contribution in [0.15, 0.2) is 29.9 Å². The molecule has 2 heterocycles. The van der Waals surface area contributed by atoms with Gasteiger partial charge in [0.1, 0.15) is 0 Å². The van der Waals surface area contributed by atoms with Gasteiger partial charge in [-0.3, -0.25) is 9.97 Å². The van der Waals surface area contributed by atoms with Gasteiger partial charge in [-0.15, -0.1) is 11.3 Å². The minimum atomic E-state index is 0.242. The van der Waals surface area contributed by atoms with Gasteiger partial charge in [-0.05, 0) is 25.4 Å². The number of thiophene rings is 1.